The maximum Gasteiger partial charge on any atom is 0.310 e. The first-order valence-corrected chi connectivity index (χ1v) is 4.57. The van der Waals surface area contributed by atoms with Crippen LogP contribution in [0, 0.1) is 5.41 Å². The van der Waals surface area contributed by atoms with Gasteiger partial charge in [0, 0.05) is 0 Å². The van der Waals surface area contributed by atoms with E-state index in [2.05, 4.69) is 0 Å². The van der Waals surface area contributed by atoms with Crippen molar-refractivity contribution in [2.45, 2.75) is 13.3 Å². The van der Waals surface area contributed by atoms with Gasteiger partial charge in [-0.25, -0.2) is 8.42 Å². The molecule has 11 heavy (non-hydrogen) atoms. The van der Waals surface area contributed by atoms with E-state index in [1.54, 1.807) is 0 Å². The highest BCUT2D eigenvalue weighted by molar-refractivity contribution is 8.06. The van der Waals surface area contributed by atoms with Crippen molar-refractivity contribution < 1.29 is 18.3 Å². The zero-order valence-electron chi connectivity index (χ0n) is 5.99. The van der Waals surface area contributed by atoms with E-state index < -0.39 is 27.3 Å². The summed E-state index contributed by atoms with van der Waals surface area (Å²) in [5.74, 6) is -1.52. The molecule has 0 unspecified atom stereocenters. The van der Waals surface area contributed by atoms with Crippen LogP contribution in [0.25, 0.3) is 0 Å². The first-order chi connectivity index (χ1) is 4.90. The van der Waals surface area contributed by atoms with Crippen molar-refractivity contribution >= 4 is 20.9 Å². The molecule has 0 aromatic carbocycles. The summed E-state index contributed by atoms with van der Waals surface area (Å²) in [6, 6.07) is 0. The smallest absolute Gasteiger partial charge is 0.310 e. The second-order valence-corrected chi connectivity index (χ2v) is 4.20. The molecule has 0 aromatic rings. The molecule has 0 saturated carbocycles. The van der Waals surface area contributed by atoms with Gasteiger partial charge in [-0.05, 0) is 0 Å². The Morgan fingerprint density at radius 3 is 2.27 bits per heavy atom. The number of carbonyl (C=O) groups is 1. The van der Waals surface area contributed by atoms with Gasteiger partial charge in [0.05, 0.1) is 12.2 Å². The Hall–Kier alpha value is -0.910. The lowest BCUT2D eigenvalue weighted by Crippen LogP contribution is -2.19. The maximum absolute atomic E-state index is 10.7. The fourth-order valence-corrected chi connectivity index (χ4v) is 1.11. The molecule has 64 valence electrons. The molecule has 2 N–H and O–H groups in total. The van der Waals surface area contributed by atoms with E-state index in [0.29, 0.717) is 0 Å². The van der Waals surface area contributed by atoms with Crippen molar-refractivity contribution in [3.63, 3.8) is 0 Å². The van der Waals surface area contributed by atoms with Crippen LogP contribution in [-0.4, -0.2) is 30.3 Å². The third kappa shape index (κ3) is 3.13. The number of carboxylic acid groups (broad SMARTS) is 1. The molecule has 0 rings (SSSR count). The first kappa shape index (κ1) is 10.1. The Bertz CT molecular complexity index is 266. The van der Waals surface area contributed by atoms with Crippen LogP contribution in [0.15, 0.2) is 0 Å². The molecule has 6 heteroatoms. The first-order valence-electron chi connectivity index (χ1n) is 2.92. The van der Waals surface area contributed by atoms with Gasteiger partial charge in [0.2, 0.25) is 0 Å². The van der Waals surface area contributed by atoms with E-state index in [9.17, 15) is 13.2 Å². The second kappa shape index (κ2) is 3.47. The summed E-state index contributed by atoms with van der Waals surface area (Å²) < 4.78 is 21.5. The third-order valence-corrected chi connectivity index (χ3v) is 2.72. The molecule has 5 nitrogen and oxygen atoms in total. The summed E-state index contributed by atoms with van der Waals surface area (Å²) >= 11 is 0. The van der Waals surface area contributed by atoms with E-state index in [4.69, 9.17) is 10.5 Å². The van der Waals surface area contributed by atoms with E-state index in [-0.39, 0.29) is 5.75 Å². The maximum atomic E-state index is 10.7. The van der Waals surface area contributed by atoms with Crippen LogP contribution in [0.1, 0.15) is 13.3 Å². The zero-order chi connectivity index (χ0) is 9.07. The van der Waals surface area contributed by atoms with E-state index >= 15 is 0 Å². The van der Waals surface area contributed by atoms with Crippen molar-refractivity contribution in [1.29, 1.82) is 5.41 Å². The summed E-state index contributed by atoms with van der Waals surface area (Å²) in [6.07, 6.45) is -0.726. The minimum Gasteiger partial charge on any atom is -0.481 e. The Balaban J connectivity index is 4.39. The molecule has 0 atom stereocenters. The minimum absolute atomic E-state index is 0.223. The summed E-state index contributed by atoms with van der Waals surface area (Å²) in [7, 11) is -3.59. The van der Waals surface area contributed by atoms with Crippen LogP contribution in [0.3, 0.4) is 0 Å². The Morgan fingerprint density at radius 2 is 2.00 bits per heavy atom. The number of rotatable bonds is 3. The summed E-state index contributed by atoms with van der Waals surface area (Å²) in [6.45, 7) is 1.37. The van der Waals surface area contributed by atoms with Gasteiger partial charge in [0.1, 0.15) is 5.04 Å². The molecule has 0 spiro atoms. The van der Waals surface area contributed by atoms with Crippen molar-refractivity contribution in [3.05, 3.63) is 0 Å². The lowest BCUT2D eigenvalue weighted by Gasteiger charge is -1.98. The summed E-state index contributed by atoms with van der Waals surface area (Å²) in [4.78, 5) is 9.97. The lowest BCUT2D eigenvalue weighted by atomic mass is 10.5. The van der Waals surface area contributed by atoms with Crippen LogP contribution in [0.2, 0.25) is 0 Å². The Labute approximate surface area is 64.5 Å². The SMILES string of the molecule is CCS(=O)(=O)C(=N)CC(=O)O. The third-order valence-electron chi connectivity index (χ3n) is 1.07. The molecule has 0 aromatic heterocycles. The number of sulfone groups is 1. The quantitative estimate of drug-likeness (QED) is 0.466. The Kier molecular flexibility index (Phi) is 3.18. The molecular formula is C5H9NO4S. The number of hydrogen-bond donors (Lipinski definition) is 2. The highest BCUT2D eigenvalue weighted by atomic mass is 32.2. The average molecular weight is 179 g/mol. The van der Waals surface area contributed by atoms with Gasteiger partial charge in [0.25, 0.3) is 0 Å². The highest BCUT2D eigenvalue weighted by Gasteiger charge is 2.17. The van der Waals surface area contributed by atoms with Gasteiger partial charge in [-0.3, -0.25) is 10.2 Å². The van der Waals surface area contributed by atoms with Crippen LogP contribution in [-0.2, 0) is 14.6 Å². The highest BCUT2D eigenvalue weighted by Crippen LogP contribution is 1.96. The van der Waals surface area contributed by atoms with Crippen molar-refractivity contribution in [3.8, 4) is 0 Å². The molecule has 0 radical (unpaired) electrons. The molecular weight excluding hydrogens is 170 g/mol. The average Bonchev–Trinajstić information content (AvgIpc) is 1.86. The number of nitrogens with one attached hydrogen (secondary N) is 1. The van der Waals surface area contributed by atoms with Gasteiger partial charge in [-0.1, -0.05) is 6.92 Å². The molecule has 0 saturated heterocycles. The van der Waals surface area contributed by atoms with Crippen LogP contribution < -0.4 is 0 Å². The number of aliphatic carboxylic acids is 1. The van der Waals surface area contributed by atoms with Crippen LogP contribution in [0.4, 0.5) is 0 Å². The molecule has 0 aliphatic rings. The normalized spacial score (nSPS) is 11.0. The molecule has 0 heterocycles. The lowest BCUT2D eigenvalue weighted by molar-refractivity contribution is -0.135. The topological polar surface area (TPSA) is 95.3 Å². The van der Waals surface area contributed by atoms with Gasteiger partial charge < -0.3 is 5.11 Å². The van der Waals surface area contributed by atoms with E-state index in [1.165, 1.54) is 6.92 Å². The van der Waals surface area contributed by atoms with Crippen molar-refractivity contribution in [1.82, 2.24) is 0 Å². The predicted octanol–water partition coefficient (Wildman–Crippen LogP) is -0.127. The largest absolute Gasteiger partial charge is 0.481 e. The van der Waals surface area contributed by atoms with Gasteiger partial charge in [-0.2, -0.15) is 0 Å². The second-order valence-electron chi connectivity index (χ2n) is 1.90. The van der Waals surface area contributed by atoms with E-state index in [1.807, 2.05) is 0 Å². The molecule has 0 bridgehead atoms. The number of carboxylic acids is 1. The fourth-order valence-electron chi connectivity index (χ4n) is 0.422. The van der Waals surface area contributed by atoms with E-state index in [0.717, 1.165) is 0 Å². The zero-order valence-corrected chi connectivity index (χ0v) is 6.81. The minimum atomic E-state index is -3.59. The number of hydrogen-bond acceptors (Lipinski definition) is 4. The summed E-state index contributed by atoms with van der Waals surface area (Å²) in [5, 5.41) is 14.3. The fraction of sp³-hybridized carbons (Fsp3) is 0.600. The van der Waals surface area contributed by atoms with Crippen LogP contribution in [0.5, 0.6) is 0 Å². The van der Waals surface area contributed by atoms with Gasteiger partial charge >= 0.3 is 5.97 Å². The molecule has 0 fully saturated rings. The Morgan fingerprint density at radius 1 is 1.55 bits per heavy atom. The van der Waals surface area contributed by atoms with Crippen molar-refractivity contribution in [2.24, 2.45) is 0 Å². The molecule has 0 aliphatic carbocycles. The monoisotopic (exact) mass is 179 g/mol. The van der Waals surface area contributed by atoms with Crippen LogP contribution >= 0.6 is 0 Å². The standard InChI is InChI=1S/C5H9NO4S/c1-2-11(9,10)4(6)3-5(7)8/h6H,2-3H2,1H3,(H,7,8). The molecule has 0 amide bonds. The van der Waals surface area contributed by atoms with Gasteiger partial charge in [-0.15, -0.1) is 0 Å². The molecule has 0 aliphatic heterocycles. The van der Waals surface area contributed by atoms with Gasteiger partial charge in [0.15, 0.2) is 9.84 Å². The van der Waals surface area contributed by atoms with Crippen molar-refractivity contribution in [2.75, 3.05) is 5.75 Å². The predicted molar refractivity (Wildman–Crippen MR) is 39.4 cm³/mol. The summed E-state index contributed by atoms with van der Waals surface area (Å²) in [5.41, 5.74) is 0.